The molecule has 1 aliphatic carbocycles. The van der Waals surface area contributed by atoms with Crippen molar-refractivity contribution in [1.29, 1.82) is 0 Å². The van der Waals surface area contributed by atoms with E-state index in [1.807, 2.05) is 17.9 Å². The standard InChI is InChI=1S/C22H25N3O/c1-4-5-14-6-8-15(9-7-14)16-10-17(18-12-19(18)22(26)23-2)20-13-24-25(3)21(20)11-16/h6-11,13,18-19H,4-5,12H2,1-3H3,(H,23,26)/t18-,19+/m0/s1. The average molecular weight is 347 g/mol. The van der Waals surface area contributed by atoms with Crippen LogP contribution in [0.25, 0.3) is 22.0 Å². The third-order valence-corrected chi connectivity index (χ3v) is 5.50. The summed E-state index contributed by atoms with van der Waals surface area (Å²) in [5, 5.41) is 8.39. The number of fused-ring (bicyclic) bond motifs is 1. The molecule has 1 aromatic heterocycles. The summed E-state index contributed by atoms with van der Waals surface area (Å²) in [6, 6.07) is 13.3. The van der Waals surface area contributed by atoms with Crippen molar-refractivity contribution in [1.82, 2.24) is 15.1 Å². The SMILES string of the molecule is CCCc1ccc(-c2cc([C@@H]3C[C@H]3C(=O)NC)c3cnn(C)c3c2)cc1. The second kappa shape index (κ2) is 6.60. The first kappa shape index (κ1) is 16.8. The molecule has 1 N–H and O–H groups in total. The van der Waals surface area contributed by atoms with Gasteiger partial charge < -0.3 is 5.32 Å². The Morgan fingerprint density at radius 1 is 1.23 bits per heavy atom. The Morgan fingerprint density at radius 3 is 2.69 bits per heavy atom. The van der Waals surface area contributed by atoms with Crippen LogP contribution in [0.1, 0.15) is 36.8 Å². The highest BCUT2D eigenvalue weighted by atomic mass is 16.1. The van der Waals surface area contributed by atoms with E-state index in [0.717, 1.165) is 30.2 Å². The lowest BCUT2D eigenvalue weighted by Gasteiger charge is -2.10. The number of benzene rings is 2. The monoisotopic (exact) mass is 347 g/mol. The molecule has 3 aromatic rings. The van der Waals surface area contributed by atoms with E-state index < -0.39 is 0 Å². The second-order valence-electron chi connectivity index (χ2n) is 7.28. The number of nitrogens with one attached hydrogen (secondary N) is 1. The highest BCUT2D eigenvalue weighted by molar-refractivity contribution is 5.91. The predicted octanol–water partition coefficient (Wildman–Crippen LogP) is 4.04. The van der Waals surface area contributed by atoms with Gasteiger partial charge in [0.25, 0.3) is 0 Å². The summed E-state index contributed by atoms with van der Waals surface area (Å²) >= 11 is 0. The second-order valence-corrected chi connectivity index (χ2v) is 7.28. The summed E-state index contributed by atoms with van der Waals surface area (Å²) in [6.07, 6.45) is 5.12. The van der Waals surface area contributed by atoms with Gasteiger partial charge >= 0.3 is 0 Å². The highest BCUT2D eigenvalue weighted by Gasteiger charge is 2.44. The molecule has 134 valence electrons. The first-order chi connectivity index (χ1) is 12.6. The van der Waals surface area contributed by atoms with Crippen LogP contribution in [0, 0.1) is 5.92 Å². The zero-order chi connectivity index (χ0) is 18.3. The van der Waals surface area contributed by atoms with E-state index in [1.54, 1.807) is 7.05 Å². The number of amides is 1. The van der Waals surface area contributed by atoms with Crippen molar-refractivity contribution in [2.24, 2.45) is 13.0 Å². The molecule has 1 amide bonds. The Balaban J connectivity index is 1.76. The predicted molar refractivity (Wildman–Crippen MR) is 105 cm³/mol. The van der Waals surface area contributed by atoms with Crippen LogP contribution in [0.15, 0.2) is 42.6 Å². The maximum Gasteiger partial charge on any atom is 0.223 e. The number of hydrogen-bond acceptors (Lipinski definition) is 2. The van der Waals surface area contributed by atoms with Crippen molar-refractivity contribution in [3.05, 3.63) is 53.7 Å². The average Bonchev–Trinajstić information content (AvgIpc) is 3.38. The van der Waals surface area contributed by atoms with Crippen LogP contribution in [0.2, 0.25) is 0 Å². The fourth-order valence-electron chi connectivity index (χ4n) is 3.91. The lowest BCUT2D eigenvalue weighted by Crippen LogP contribution is -2.20. The van der Waals surface area contributed by atoms with E-state index >= 15 is 0 Å². The Morgan fingerprint density at radius 2 is 2.00 bits per heavy atom. The quantitative estimate of drug-likeness (QED) is 0.757. The minimum absolute atomic E-state index is 0.0885. The Kier molecular flexibility index (Phi) is 4.27. The smallest absolute Gasteiger partial charge is 0.223 e. The molecule has 0 saturated heterocycles. The molecule has 2 atom stereocenters. The first-order valence-electron chi connectivity index (χ1n) is 9.39. The van der Waals surface area contributed by atoms with Gasteiger partial charge in [-0.3, -0.25) is 9.48 Å². The van der Waals surface area contributed by atoms with Gasteiger partial charge in [-0.05, 0) is 47.1 Å². The van der Waals surface area contributed by atoms with Gasteiger partial charge in [0.1, 0.15) is 0 Å². The highest BCUT2D eigenvalue weighted by Crippen LogP contribution is 2.50. The van der Waals surface area contributed by atoms with Gasteiger partial charge in [-0.2, -0.15) is 5.10 Å². The fourth-order valence-corrected chi connectivity index (χ4v) is 3.91. The minimum Gasteiger partial charge on any atom is -0.359 e. The Labute approximate surface area is 154 Å². The molecule has 2 aromatic carbocycles. The van der Waals surface area contributed by atoms with E-state index in [9.17, 15) is 4.79 Å². The Hall–Kier alpha value is -2.62. The number of aromatic nitrogens is 2. The maximum absolute atomic E-state index is 12.0. The molecule has 26 heavy (non-hydrogen) atoms. The summed E-state index contributed by atoms with van der Waals surface area (Å²) in [7, 11) is 3.69. The minimum atomic E-state index is 0.0885. The van der Waals surface area contributed by atoms with Crippen LogP contribution < -0.4 is 5.32 Å². The van der Waals surface area contributed by atoms with Crippen molar-refractivity contribution in [3.63, 3.8) is 0 Å². The molecule has 1 saturated carbocycles. The van der Waals surface area contributed by atoms with Gasteiger partial charge in [-0.15, -0.1) is 0 Å². The normalized spacial score (nSPS) is 18.9. The molecule has 0 bridgehead atoms. The van der Waals surface area contributed by atoms with E-state index in [1.165, 1.54) is 22.3 Å². The number of carbonyl (C=O) groups excluding carboxylic acids is 1. The van der Waals surface area contributed by atoms with Crippen molar-refractivity contribution < 1.29 is 4.79 Å². The number of carbonyl (C=O) groups is 1. The topological polar surface area (TPSA) is 46.9 Å². The van der Waals surface area contributed by atoms with Crippen molar-refractivity contribution >= 4 is 16.8 Å². The molecular formula is C22H25N3O. The lowest BCUT2D eigenvalue weighted by molar-refractivity contribution is -0.121. The first-order valence-corrected chi connectivity index (χ1v) is 9.39. The molecule has 0 radical (unpaired) electrons. The molecule has 1 aliphatic rings. The van der Waals surface area contributed by atoms with Gasteiger partial charge in [0, 0.05) is 25.4 Å². The van der Waals surface area contributed by atoms with Crippen LogP contribution in [0.3, 0.4) is 0 Å². The van der Waals surface area contributed by atoms with Crippen molar-refractivity contribution in [2.45, 2.75) is 32.1 Å². The van der Waals surface area contributed by atoms with Crippen molar-refractivity contribution in [3.8, 4) is 11.1 Å². The van der Waals surface area contributed by atoms with Gasteiger partial charge in [0.2, 0.25) is 5.91 Å². The molecule has 4 rings (SSSR count). The third-order valence-electron chi connectivity index (χ3n) is 5.50. The number of rotatable bonds is 5. The molecule has 4 nitrogen and oxygen atoms in total. The largest absolute Gasteiger partial charge is 0.359 e. The van der Waals surface area contributed by atoms with Gasteiger partial charge in [-0.25, -0.2) is 0 Å². The van der Waals surface area contributed by atoms with Crippen molar-refractivity contribution in [2.75, 3.05) is 7.05 Å². The summed E-state index contributed by atoms with van der Waals surface area (Å²) in [5.74, 6) is 0.521. The molecule has 4 heteroatoms. The van der Waals surface area contributed by atoms with E-state index in [-0.39, 0.29) is 11.8 Å². The van der Waals surface area contributed by atoms with Crippen LogP contribution in [-0.4, -0.2) is 22.7 Å². The maximum atomic E-state index is 12.0. The summed E-state index contributed by atoms with van der Waals surface area (Å²) in [4.78, 5) is 12.0. The van der Waals surface area contributed by atoms with E-state index in [4.69, 9.17) is 0 Å². The Bertz CT molecular complexity index is 955. The van der Waals surface area contributed by atoms with Crippen LogP contribution in [-0.2, 0) is 18.3 Å². The molecule has 0 spiro atoms. The van der Waals surface area contributed by atoms with E-state index in [0.29, 0.717) is 5.92 Å². The molecule has 0 unspecified atom stereocenters. The lowest BCUT2D eigenvalue weighted by atomic mass is 9.96. The van der Waals surface area contributed by atoms with Gasteiger partial charge in [-0.1, -0.05) is 43.7 Å². The zero-order valence-corrected chi connectivity index (χ0v) is 15.6. The summed E-state index contributed by atoms with van der Waals surface area (Å²) < 4.78 is 1.92. The van der Waals surface area contributed by atoms with E-state index in [2.05, 4.69) is 53.7 Å². The molecule has 1 fully saturated rings. The van der Waals surface area contributed by atoms with Crippen LogP contribution >= 0.6 is 0 Å². The fraction of sp³-hybridized carbons (Fsp3) is 0.364. The molecular weight excluding hydrogens is 322 g/mol. The molecule has 0 aliphatic heterocycles. The summed E-state index contributed by atoms with van der Waals surface area (Å²) in [6.45, 7) is 2.20. The molecule has 1 heterocycles. The number of aryl methyl sites for hydroxylation is 2. The van der Waals surface area contributed by atoms with Crippen LogP contribution in [0.5, 0.6) is 0 Å². The third kappa shape index (κ3) is 2.90. The number of nitrogens with zero attached hydrogens (tertiary/aromatic N) is 2. The zero-order valence-electron chi connectivity index (χ0n) is 15.6. The summed E-state index contributed by atoms with van der Waals surface area (Å²) in [5.41, 5.74) is 6.16. The van der Waals surface area contributed by atoms with Gasteiger partial charge in [0.15, 0.2) is 0 Å². The van der Waals surface area contributed by atoms with Gasteiger partial charge in [0.05, 0.1) is 11.7 Å². The number of hydrogen-bond donors (Lipinski definition) is 1. The van der Waals surface area contributed by atoms with Crippen LogP contribution in [0.4, 0.5) is 0 Å².